The third kappa shape index (κ3) is 1.83. The number of carbonyl (C=O) groups is 2. The molecule has 0 bridgehead atoms. The van der Waals surface area contributed by atoms with Crippen molar-refractivity contribution in [2.24, 2.45) is 0 Å². The molecule has 1 N–H and O–H groups in total. The van der Waals surface area contributed by atoms with Crippen molar-refractivity contribution in [3.05, 3.63) is 40.4 Å². The molecule has 0 radical (unpaired) electrons. The van der Waals surface area contributed by atoms with Crippen molar-refractivity contribution in [2.45, 2.75) is 13.3 Å². The molecule has 0 aliphatic carbocycles. The minimum atomic E-state index is -0.584. The number of anilines is 1. The quantitative estimate of drug-likeness (QED) is 0.817. The summed E-state index contributed by atoms with van der Waals surface area (Å²) in [6.45, 7) is 1.93. The first kappa shape index (κ1) is 12.3. The highest BCUT2D eigenvalue weighted by atomic mass is 16.2. The number of nitrogens with zero attached hydrogens (tertiary/aromatic N) is 3. The summed E-state index contributed by atoms with van der Waals surface area (Å²) >= 11 is 0. The Morgan fingerprint density at radius 3 is 2.80 bits per heavy atom. The van der Waals surface area contributed by atoms with Crippen LogP contribution >= 0.6 is 0 Å². The average Bonchev–Trinajstić information content (AvgIpc) is 2.41. The number of aromatic nitrogens is 2. The summed E-state index contributed by atoms with van der Waals surface area (Å²) < 4.78 is 1.74. The van der Waals surface area contributed by atoms with Gasteiger partial charge in [-0.05, 0) is 19.1 Å². The van der Waals surface area contributed by atoms with E-state index in [-0.39, 0.29) is 24.6 Å². The molecule has 3 heterocycles. The Labute approximate surface area is 113 Å². The molecule has 2 aromatic rings. The molecule has 0 spiro atoms. The number of pyridine rings is 1. The van der Waals surface area contributed by atoms with E-state index in [4.69, 9.17) is 0 Å². The van der Waals surface area contributed by atoms with Crippen molar-refractivity contribution in [1.82, 2.24) is 14.7 Å². The number of amides is 3. The fourth-order valence-corrected chi connectivity index (χ4v) is 2.32. The highest BCUT2D eigenvalue weighted by molar-refractivity contribution is 6.05. The lowest BCUT2D eigenvalue weighted by Crippen LogP contribution is -2.51. The number of hydrogen-bond donors (Lipinski definition) is 1. The van der Waals surface area contributed by atoms with Gasteiger partial charge in [-0.15, -0.1) is 0 Å². The van der Waals surface area contributed by atoms with E-state index in [0.717, 1.165) is 0 Å². The normalized spacial score (nSPS) is 15.6. The fourth-order valence-electron chi connectivity index (χ4n) is 2.32. The van der Waals surface area contributed by atoms with Gasteiger partial charge in [-0.3, -0.25) is 19.8 Å². The highest BCUT2D eigenvalue weighted by Gasteiger charge is 2.28. The zero-order chi connectivity index (χ0) is 14.3. The monoisotopic (exact) mass is 272 g/mol. The molecule has 1 fully saturated rings. The van der Waals surface area contributed by atoms with Crippen molar-refractivity contribution in [1.29, 1.82) is 0 Å². The number of hydrogen-bond acceptors (Lipinski definition) is 4. The van der Waals surface area contributed by atoms with Crippen LogP contribution in [0, 0.1) is 6.92 Å². The molecule has 0 saturated carbocycles. The van der Waals surface area contributed by atoms with Gasteiger partial charge in [-0.2, -0.15) is 4.98 Å². The maximum atomic E-state index is 12.1. The number of carbonyl (C=O) groups excluding carboxylic acids is 2. The van der Waals surface area contributed by atoms with Gasteiger partial charge < -0.3 is 4.40 Å². The fraction of sp³-hybridized carbons (Fsp3) is 0.231. The lowest BCUT2D eigenvalue weighted by molar-refractivity contribution is -0.120. The maximum absolute atomic E-state index is 12.1. The summed E-state index contributed by atoms with van der Waals surface area (Å²) in [5, 5.41) is 2.20. The second-order valence-corrected chi connectivity index (χ2v) is 4.53. The summed E-state index contributed by atoms with van der Waals surface area (Å²) in [5.41, 5.74) is 0.870. The molecule has 7 nitrogen and oxygen atoms in total. The first-order chi connectivity index (χ1) is 9.58. The largest absolute Gasteiger partial charge is 0.328 e. The number of nitrogens with one attached hydrogen (secondary N) is 1. The minimum absolute atomic E-state index is 0.169. The third-order valence-electron chi connectivity index (χ3n) is 3.28. The Balaban J connectivity index is 2.19. The number of imide groups is 1. The van der Waals surface area contributed by atoms with E-state index >= 15 is 0 Å². The van der Waals surface area contributed by atoms with E-state index < -0.39 is 11.6 Å². The standard InChI is InChI=1S/C13H12N4O3/c1-8-11(17-7-5-10(18)15-13(17)20)12(19)14-9-4-2-3-6-16(8)9/h2-4,6H,5,7H2,1H3,(H,15,18,20). The van der Waals surface area contributed by atoms with Gasteiger partial charge in [-0.25, -0.2) is 4.79 Å². The van der Waals surface area contributed by atoms with Gasteiger partial charge in [0.2, 0.25) is 5.91 Å². The van der Waals surface area contributed by atoms with Crippen molar-refractivity contribution in [3.8, 4) is 0 Å². The van der Waals surface area contributed by atoms with Crippen LogP contribution in [0.4, 0.5) is 10.5 Å². The molecule has 20 heavy (non-hydrogen) atoms. The Hall–Kier alpha value is -2.70. The SMILES string of the molecule is Cc1c(N2CCC(=O)NC2=O)c(=O)nc2ccccn12. The second-order valence-electron chi connectivity index (χ2n) is 4.53. The molecule has 1 aliphatic rings. The molecule has 3 rings (SSSR count). The van der Waals surface area contributed by atoms with Gasteiger partial charge in [-0.1, -0.05) is 6.07 Å². The van der Waals surface area contributed by atoms with Gasteiger partial charge in [0.15, 0.2) is 0 Å². The topological polar surface area (TPSA) is 83.8 Å². The Kier molecular flexibility index (Phi) is 2.74. The molecular formula is C13H12N4O3. The van der Waals surface area contributed by atoms with Gasteiger partial charge in [0.05, 0.1) is 5.69 Å². The van der Waals surface area contributed by atoms with Crippen molar-refractivity contribution < 1.29 is 9.59 Å². The van der Waals surface area contributed by atoms with Crippen LogP contribution < -0.4 is 15.8 Å². The average molecular weight is 272 g/mol. The second kappa shape index (κ2) is 4.44. The van der Waals surface area contributed by atoms with Crippen LogP contribution in [0.1, 0.15) is 12.1 Å². The lowest BCUT2D eigenvalue weighted by Gasteiger charge is -2.27. The van der Waals surface area contributed by atoms with E-state index in [1.165, 1.54) is 4.90 Å². The molecular weight excluding hydrogens is 260 g/mol. The molecule has 3 amide bonds. The van der Waals surface area contributed by atoms with Crippen molar-refractivity contribution in [2.75, 3.05) is 11.4 Å². The van der Waals surface area contributed by atoms with Crippen LogP contribution in [0.25, 0.3) is 5.65 Å². The summed E-state index contributed by atoms with van der Waals surface area (Å²) in [4.78, 5) is 40.4. The van der Waals surface area contributed by atoms with Gasteiger partial charge in [0.1, 0.15) is 11.3 Å². The van der Waals surface area contributed by atoms with E-state index in [2.05, 4.69) is 10.3 Å². The maximum Gasteiger partial charge on any atom is 0.328 e. The van der Waals surface area contributed by atoms with E-state index in [9.17, 15) is 14.4 Å². The van der Waals surface area contributed by atoms with E-state index in [1.807, 2.05) is 6.07 Å². The zero-order valence-electron chi connectivity index (χ0n) is 10.8. The summed E-state index contributed by atoms with van der Waals surface area (Å²) in [6.07, 6.45) is 1.94. The van der Waals surface area contributed by atoms with Crippen LogP contribution in [0.15, 0.2) is 29.2 Å². The van der Waals surface area contributed by atoms with Crippen LogP contribution in [0.5, 0.6) is 0 Å². The third-order valence-corrected chi connectivity index (χ3v) is 3.28. The van der Waals surface area contributed by atoms with Crippen LogP contribution in [0.3, 0.4) is 0 Å². The number of fused-ring (bicyclic) bond motifs is 1. The smallest absolute Gasteiger partial charge is 0.303 e. The van der Waals surface area contributed by atoms with E-state index in [0.29, 0.717) is 11.3 Å². The van der Waals surface area contributed by atoms with Crippen LogP contribution in [-0.4, -0.2) is 27.9 Å². The molecule has 1 saturated heterocycles. The predicted molar refractivity (Wildman–Crippen MR) is 71.7 cm³/mol. The Bertz CT molecular complexity index is 781. The summed E-state index contributed by atoms with van der Waals surface area (Å²) in [7, 11) is 0. The first-order valence-electron chi connectivity index (χ1n) is 6.17. The number of aryl methyl sites for hydroxylation is 1. The zero-order valence-corrected chi connectivity index (χ0v) is 10.8. The number of urea groups is 1. The summed E-state index contributed by atoms with van der Waals surface area (Å²) in [5.74, 6) is -0.335. The Morgan fingerprint density at radius 2 is 2.05 bits per heavy atom. The molecule has 0 atom stereocenters. The molecule has 0 unspecified atom stereocenters. The Morgan fingerprint density at radius 1 is 1.25 bits per heavy atom. The molecule has 1 aliphatic heterocycles. The van der Waals surface area contributed by atoms with Crippen LogP contribution in [0.2, 0.25) is 0 Å². The predicted octanol–water partition coefficient (Wildman–Crippen LogP) is 0.449. The summed E-state index contributed by atoms with van der Waals surface area (Å²) in [6, 6.07) is 4.74. The van der Waals surface area contributed by atoms with Crippen LogP contribution in [-0.2, 0) is 4.79 Å². The number of rotatable bonds is 1. The lowest BCUT2D eigenvalue weighted by atomic mass is 10.2. The minimum Gasteiger partial charge on any atom is -0.303 e. The van der Waals surface area contributed by atoms with E-state index in [1.54, 1.807) is 29.7 Å². The van der Waals surface area contributed by atoms with Crippen molar-refractivity contribution in [3.63, 3.8) is 0 Å². The highest BCUT2D eigenvalue weighted by Crippen LogP contribution is 2.18. The van der Waals surface area contributed by atoms with Crippen molar-refractivity contribution >= 4 is 23.3 Å². The van der Waals surface area contributed by atoms with Gasteiger partial charge in [0.25, 0.3) is 5.56 Å². The van der Waals surface area contributed by atoms with Gasteiger partial charge in [0, 0.05) is 19.2 Å². The molecule has 102 valence electrons. The first-order valence-corrected chi connectivity index (χ1v) is 6.17. The molecule has 2 aromatic heterocycles. The molecule has 0 aromatic carbocycles. The molecule has 7 heteroatoms. The van der Waals surface area contributed by atoms with Gasteiger partial charge >= 0.3 is 6.03 Å².